The van der Waals surface area contributed by atoms with Crippen LogP contribution in [0.25, 0.3) is 0 Å². The molecule has 16 heavy (non-hydrogen) atoms. The van der Waals surface area contributed by atoms with E-state index in [2.05, 4.69) is 9.82 Å². The van der Waals surface area contributed by atoms with Crippen molar-refractivity contribution in [1.29, 1.82) is 0 Å². The van der Waals surface area contributed by atoms with Gasteiger partial charge in [-0.2, -0.15) is 5.10 Å². The number of aromatic nitrogens is 2. The highest BCUT2D eigenvalue weighted by Crippen LogP contribution is 2.21. The molecule has 6 nitrogen and oxygen atoms in total. The maximum absolute atomic E-state index is 11.9. The van der Waals surface area contributed by atoms with E-state index in [-0.39, 0.29) is 6.54 Å². The Morgan fingerprint density at radius 3 is 2.50 bits per heavy atom. The van der Waals surface area contributed by atoms with E-state index in [1.54, 1.807) is 34.0 Å². The van der Waals surface area contributed by atoms with Gasteiger partial charge in [-0.15, -0.1) is 0 Å². The molecule has 1 heterocycles. The first kappa shape index (κ1) is 13.0. The van der Waals surface area contributed by atoms with Crippen LogP contribution >= 0.6 is 0 Å². The summed E-state index contributed by atoms with van der Waals surface area (Å²) in [6.07, 6.45) is 1.56. The molecule has 0 aliphatic carbocycles. The van der Waals surface area contributed by atoms with Crippen molar-refractivity contribution in [1.82, 2.24) is 9.78 Å². The lowest BCUT2D eigenvalue weighted by Gasteiger charge is -2.20. The van der Waals surface area contributed by atoms with Crippen LogP contribution in [0.15, 0.2) is 6.20 Å². The molecule has 0 aromatic carbocycles. The van der Waals surface area contributed by atoms with Gasteiger partial charge in [0, 0.05) is 19.2 Å². The number of nitrogens with two attached hydrogens (primary N) is 1. The van der Waals surface area contributed by atoms with Crippen LogP contribution in [0.3, 0.4) is 0 Å². The van der Waals surface area contributed by atoms with Gasteiger partial charge in [0.1, 0.15) is 5.82 Å². The lowest BCUT2D eigenvalue weighted by atomic mass is 10.3. The molecule has 92 valence electrons. The standard InChI is InChI=1S/C9H18N4O2S/c1-9(2,3)16(14,15)12-8-7(5-10)6-11-13(8)4/h6,12H,5,10H2,1-4H3. The number of rotatable bonds is 3. The number of anilines is 1. The van der Waals surface area contributed by atoms with E-state index < -0.39 is 14.8 Å². The van der Waals surface area contributed by atoms with E-state index in [1.807, 2.05) is 0 Å². The topological polar surface area (TPSA) is 90.0 Å². The molecular formula is C9H18N4O2S. The summed E-state index contributed by atoms with van der Waals surface area (Å²) < 4.78 is 27.0. The second-order valence-electron chi connectivity index (χ2n) is 4.56. The predicted molar refractivity (Wildman–Crippen MR) is 63.4 cm³/mol. The SMILES string of the molecule is Cn1ncc(CN)c1NS(=O)(=O)C(C)(C)C. The first-order chi connectivity index (χ1) is 7.19. The molecule has 3 N–H and O–H groups in total. The minimum absolute atomic E-state index is 0.246. The second kappa shape index (κ2) is 4.06. The Labute approximate surface area is 95.9 Å². The quantitative estimate of drug-likeness (QED) is 0.808. The van der Waals surface area contributed by atoms with Crippen LogP contribution in [0.5, 0.6) is 0 Å². The van der Waals surface area contributed by atoms with Gasteiger partial charge in [-0.05, 0) is 20.8 Å². The van der Waals surface area contributed by atoms with Gasteiger partial charge >= 0.3 is 0 Å². The van der Waals surface area contributed by atoms with Crippen LogP contribution < -0.4 is 10.5 Å². The largest absolute Gasteiger partial charge is 0.326 e. The molecule has 0 aliphatic rings. The average Bonchev–Trinajstić information content (AvgIpc) is 2.45. The second-order valence-corrected chi connectivity index (χ2v) is 7.00. The highest BCUT2D eigenvalue weighted by atomic mass is 32.2. The Morgan fingerprint density at radius 1 is 1.50 bits per heavy atom. The normalized spacial score (nSPS) is 12.8. The molecule has 0 bridgehead atoms. The molecule has 1 aromatic heterocycles. The Balaban J connectivity index is 3.11. The molecule has 0 saturated heterocycles. The van der Waals surface area contributed by atoms with E-state index in [1.165, 1.54) is 4.68 Å². The van der Waals surface area contributed by atoms with Gasteiger partial charge in [0.2, 0.25) is 10.0 Å². The van der Waals surface area contributed by atoms with Crippen molar-refractivity contribution in [3.8, 4) is 0 Å². The van der Waals surface area contributed by atoms with E-state index in [4.69, 9.17) is 5.73 Å². The van der Waals surface area contributed by atoms with Crippen LogP contribution in [0, 0.1) is 0 Å². The van der Waals surface area contributed by atoms with Gasteiger partial charge in [-0.1, -0.05) is 0 Å². The number of hydrogen-bond acceptors (Lipinski definition) is 4. The van der Waals surface area contributed by atoms with Crippen LogP contribution in [0.2, 0.25) is 0 Å². The number of nitrogens with zero attached hydrogens (tertiary/aromatic N) is 2. The third-order valence-electron chi connectivity index (χ3n) is 2.27. The van der Waals surface area contributed by atoms with Crippen molar-refractivity contribution < 1.29 is 8.42 Å². The fourth-order valence-corrected chi connectivity index (χ4v) is 1.87. The van der Waals surface area contributed by atoms with Crippen molar-refractivity contribution in [2.24, 2.45) is 12.8 Å². The van der Waals surface area contributed by atoms with E-state index in [9.17, 15) is 8.42 Å². The summed E-state index contributed by atoms with van der Waals surface area (Å²) in [6.45, 7) is 5.14. The molecule has 7 heteroatoms. The first-order valence-corrected chi connectivity index (χ1v) is 6.40. The molecule has 0 spiro atoms. The lowest BCUT2D eigenvalue weighted by molar-refractivity contribution is 0.565. The molecular weight excluding hydrogens is 228 g/mol. The number of aryl methyl sites for hydroxylation is 1. The molecule has 0 amide bonds. The van der Waals surface area contributed by atoms with Gasteiger partial charge in [0.05, 0.1) is 10.9 Å². The van der Waals surface area contributed by atoms with Gasteiger partial charge in [-0.25, -0.2) is 8.42 Å². The van der Waals surface area contributed by atoms with Crippen LogP contribution in [-0.4, -0.2) is 22.9 Å². The van der Waals surface area contributed by atoms with Crippen LogP contribution in [0.1, 0.15) is 26.3 Å². The van der Waals surface area contributed by atoms with Crippen molar-refractivity contribution in [3.63, 3.8) is 0 Å². The molecule has 1 rings (SSSR count). The Morgan fingerprint density at radius 2 is 2.06 bits per heavy atom. The zero-order valence-electron chi connectivity index (χ0n) is 9.98. The summed E-state index contributed by atoms with van der Waals surface area (Å²) >= 11 is 0. The molecule has 0 aliphatic heterocycles. The van der Waals surface area contributed by atoms with Gasteiger partial charge in [0.25, 0.3) is 0 Å². The summed E-state index contributed by atoms with van der Waals surface area (Å²) in [5.41, 5.74) is 6.18. The predicted octanol–water partition coefficient (Wildman–Crippen LogP) is 0.419. The molecule has 0 unspecified atom stereocenters. The summed E-state index contributed by atoms with van der Waals surface area (Å²) in [5, 5.41) is 3.96. The molecule has 0 atom stereocenters. The number of nitrogens with one attached hydrogen (secondary N) is 1. The van der Waals surface area contributed by atoms with Crippen molar-refractivity contribution in [3.05, 3.63) is 11.8 Å². The van der Waals surface area contributed by atoms with E-state index >= 15 is 0 Å². The van der Waals surface area contributed by atoms with Crippen molar-refractivity contribution in [2.45, 2.75) is 32.1 Å². The summed E-state index contributed by atoms with van der Waals surface area (Å²) in [4.78, 5) is 0. The highest BCUT2D eigenvalue weighted by Gasteiger charge is 2.30. The van der Waals surface area contributed by atoms with Gasteiger partial charge in [-0.3, -0.25) is 9.40 Å². The molecule has 0 saturated carbocycles. The van der Waals surface area contributed by atoms with Crippen molar-refractivity contribution >= 4 is 15.8 Å². The smallest absolute Gasteiger partial charge is 0.238 e. The number of hydrogen-bond donors (Lipinski definition) is 2. The summed E-state index contributed by atoms with van der Waals surface area (Å²) in [5.74, 6) is 0.428. The minimum Gasteiger partial charge on any atom is -0.326 e. The lowest BCUT2D eigenvalue weighted by Crippen LogP contribution is -2.34. The molecule has 0 fully saturated rings. The maximum atomic E-state index is 11.9. The third kappa shape index (κ3) is 2.35. The average molecular weight is 246 g/mol. The third-order valence-corrected chi connectivity index (χ3v) is 4.35. The highest BCUT2D eigenvalue weighted by molar-refractivity contribution is 7.94. The fraction of sp³-hybridized carbons (Fsp3) is 0.667. The monoisotopic (exact) mass is 246 g/mol. The first-order valence-electron chi connectivity index (χ1n) is 4.92. The van der Waals surface area contributed by atoms with Crippen molar-refractivity contribution in [2.75, 3.05) is 4.72 Å². The Bertz CT molecular complexity index is 470. The van der Waals surface area contributed by atoms with E-state index in [0.717, 1.165) is 0 Å². The Kier molecular flexibility index (Phi) is 3.30. The zero-order chi connectivity index (χ0) is 12.6. The molecule has 0 radical (unpaired) electrons. The van der Waals surface area contributed by atoms with Gasteiger partial charge in [0.15, 0.2) is 0 Å². The number of sulfonamides is 1. The fourth-order valence-electron chi connectivity index (χ4n) is 1.04. The zero-order valence-corrected chi connectivity index (χ0v) is 10.8. The minimum atomic E-state index is -3.44. The maximum Gasteiger partial charge on any atom is 0.238 e. The van der Waals surface area contributed by atoms with Gasteiger partial charge < -0.3 is 5.73 Å². The van der Waals surface area contributed by atoms with E-state index in [0.29, 0.717) is 11.4 Å². The van der Waals surface area contributed by atoms with Crippen LogP contribution in [-0.2, 0) is 23.6 Å². The Hall–Kier alpha value is -1.08. The summed E-state index contributed by atoms with van der Waals surface area (Å²) in [6, 6.07) is 0. The molecule has 1 aromatic rings. The summed E-state index contributed by atoms with van der Waals surface area (Å²) in [7, 11) is -1.78. The van der Waals surface area contributed by atoms with Crippen LogP contribution in [0.4, 0.5) is 5.82 Å².